The molecule has 0 fully saturated rings. The molecule has 2 aromatic carbocycles. The van der Waals surface area contributed by atoms with Crippen LogP contribution in [0.1, 0.15) is 35.8 Å². The Morgan fingerprint density at radius 2 is 1.88 bits per heavy atom. The monoisotopic (exact) mass is 362 g/mol. The fraction of sp³-hybridized carbons (Fsp3) is 0.278. The standard InChI is InChI=1S/C18H22N2O4S/c1-4-24-17-11-6-5-10-16(17)18(21)19-13(2)14-8-7-9-15(12-14)20-25(3,22)23/h5-13,20H,4H2,1-3H3,(H,19,21)/t13-/m1/s1. The molecule has 1 atom stereocenters. The number of sulfonamides is 1. The second-order valence-electron chi connectivity index (χ2n) is 5.62. The predicted molar refractivity (Wildman–Crippen MR) is 98.4 cm³/mol. The van der Waals surface area contributed by atoms with Crippen LogP contribution in [0.5, 0.6) is 5.75 Å². The van der Waals surface area contributed by atoms with Gasteiger partial charge in [-0.25, -0.2) is 8.42 Å². The largest absolute Gasteiger partial charge is 0.493 e. The second-order valence-corrected chi connectivity index (χ2v) is 7.37. The van der Waals surface area contributed by atoms with E-state index in [9.17, 15) is 13.2 Å². The van der Waals surface area contributed by atoms with Gasteiger partial charge in [0.2, 0.25) is 10.0 Å². The number of benzene rings is 2. The minimum absolute atomic E-state index is 0.252. The lowest BCUT2D eigenvalue weighted by Crippen LogP contribution is -2.27. The van der Waals surface area contributed by atoms with Gasteiger partial charge in [-0.05, 0) is 43.7 Å². The van der Waals surface area contributed by atoms with Crippen LogP contribution in [0.15, 0.2) is 48.5 Å². The molecular formula is C18H22N2O4S. The number of nitrogens with one attached hydrogen (secondary N) is 2. The molecule has 25 heavy (non-hydrogen) atoms. The highest BCUT2D eigenvalue weighted by Crippen LogP contribution is 2.21. The average Bonchev–Trinajstić information content (AvgIpc) is 2.54. The van der Waals surface area contributed by atoms with E-state index in [2.05, 4.69) is 10.0 Å². The van der Waals surface area contributed by atoms with Gasteiger partial charge in [-0.2, -0.15) is 0 Å². The molecular weight excluding hydrogens is 340 g/mol. The number of para-hydroxylation sites is 1. The van der Waals surface area contributed by atoms with Crippen molar-refractivity contribution in [2.75, 3.05) is 17.6 Å². The zero-order chi connectivity index (χ0) is 18.4. The van der Waals surface area contributed by atoms with Gasteiger partial charge in [-0.3, -0.25) is 9.52 Å². The summed E-state index contributed by atoms with van der Waals surface area (Å²) in [5.41, 5.74) is 1.70. The summed E-state index contributed by atoms with van der Waals surface area (Å²) >= 11 is 0. The van der Waals surface area contributed by atoms with Crippen LogP contribution in [-0.4, -0.2) is 27.2 Å². The van der Waals surface area contributed by atoms with Crippen LogP contribution in [0.3, 0.4) is 0 Å². The summed E-state index contributed by atoms with van der Waals surface area (Å²) < 4.78 is 30.6. The van der Waals surface area contributed by atoms with Crippen molar-refractivity contribution in [1.82, 2.24) is 5.32 Å². The van der Waals surface area contributed by atoms with Crippen LogP contribution in [0, 0.1) is 0 Å². The van der Waals surface area contributed by atoms with Crippen LogP contribution in [0.25, 0.3) is 0 Å². The molecule has 0 radical (unpaired) electrons. The first-order chi connectivity index (χ1) is 11.8. The van der Waals surface area contributed by atoms with Crippen molar-refractivity contribution < 1.29 is 17.9 Å². The van der Waals surface area contributed by atoms with E-state index < -0.39 is 10.0 Å². The number of hydrogen-bond acceptors (Lipinski definition) is 4. The van der Waals surface area contributed by atoms with Crippen LogP contribution in [0.2, 0.25) is 0 Å². The van der Waals surface area contributed by atoms with E-state index in [1.807, 2.05) is 26.0 Å². The first-order valence-electron chi connectivity index (χ1n) is 7.90. The minimum atomic E-state index is -3.35. The third-order valence-corrected chi connectivity index (χ3v) is 4.08. The number of amides is 1. The van der Waals surface area contributed by atoms with E-state index in [0.717, 1.165) is 11.8 Å². The molecule has 0 aliphatic heterocycles. The predicted octanol–water partition coefficient (Wildman–Crippen LogP) is 2.95. The Kier molecular flexibility index (Phi) is 6.03. The van der Waals surface area contributed by atoms with E-state index in [0.29, 0.717) is 23.6 Å². The Hall–Kier alpha value is -2.54. The zero-order valence-electron chi connectivity index (χ0n) is 14.4. The number of carbonyl (C=O) groups excluding carboxylic acids is 1. The molecule has 0 spiro atoms. The van der Waals surface area contributed by atoms with E-state index in [-0.39, 0.29) is 11.9 Å². The number of anilines is 1. The summed E-state index contributed by atoms with van der Waals surface area (Å²) in [6.45, 7) is 4.16. The highest BCUT2D eigenvalue weighted by atomic mass is 32.2. The van der Waals surface area contributed by atoms with Gasteiger partial charge in [0.15, 0.2) is 0 Å². The Bertz CT molecular complexity index is 850. The lowest BCUT2D eigenvalue weighted by Gasteiger charge is -2.17. The van der Waals surface area contributed by atoms with Crippen molar-refractivity contribution in [2.45, 2.75) is 19.9 Å². The lowest BCUT2D eigenvalue weighted by atomic mass is 10.1. The van der Waals surface area contributed by atoms with Crippen LogP contribution >= 0.6 is 0 Å². The van der Waals surface area contributed by atoms with E-state index >= 15 is 0 Å². The molecule has 0 aliphatic carbocycles. The van der Waals surface area contributed by atoms with Crippen LogP contribution in [0.4, 0.5) is 5.69 Å². The molecule has 2 N–H and O–H groups in total. The van der Waals surface area contributed by atoms with E-state index in [1.165, 1.54) is 0 Å². The Morgan fingerprint density at radius 1 is 1.16 bits per heavy atom. The molecule has 0 aromatic heterocycles. The maximum Gasteiger partial charge on any atom is 0.255 e. The summed E-state index contributed by atoms with van der Waals surface area (Å²) in [5, 5.41) is 2.91. The Balaban J connectivity index is 2.15. The minimum Gasteiger partial charge on any atom is -0.493 e. The maximum absolute atomic E-state index is 12.5. The van der Waals surface area contributed by atoms with E-state index in [1.54, 1.807) is 36.4 Å². The van der Waals surface area contributed by atoms with Crippen molar-refractivity contribution in [2.24, 2.45) is 0 Å². The second kappa shape index (κ2) is 8.02. The van der Waals surface area contributed by atoms with E-state index in [4.69, 9.17) is 4.74 Å². The molecule has 0 unspecified atom stereocenters. The smallest absolute Gasteiger partial charge is 0.255 e. The van der Waals surface area contributed by atoms with Crippen LogP contribution in [-0.2, 0) is 10.0 Å². The first-order valence-corrected chi connectivity index (χ1v) is 9.79. The number of rotatable bonds is 7. The molecule has 0 heterocycles. The molecule has 2 aromatic rings. The van der Waals surface area contributed by atoms with Crippen molar-refractivity contribution in [3.05, 3.63) is 59.7 Å². The number of hydrogen-bond donors (Lipinski definition) is 2. The van der Waals surface area contributed by atoms with Gasteiger partial charge >= 0.3 is 0 Å². The molecule has 134 valence electrons. The highest BCUT2D eigenvalue weighted by Gasteiger charge is 2.16. The molecule has 1 amide bonds. The molecule has 7 heteroatoms. The Morgan fingerprint density at radius 3 is 2.56 bits per heavy atom. The topological polar surface area (TPSA) is 84.5 Å². The SMILES string of the molecule is CCOc1ccccc1C(=O)N[C@H](C)c1cccc(NS(C)(=O)=O)c1. The first kappa shape index (κ1) is 18.8. The average molecular weight is 362 g/mol. The van der Waals surface area contributed by atoms with Crippen molar-refractivity contribution >= 4 is 21.6 Å². The molecule has 0 saturated carbocycles. The van der Waals surface area contributed by atoms with Gasteiger partial charge in [0.25, 0.3) is 5.91 Å². The van der Waals surface area contributed by atoms with Gasteiger partial charge in [-0.15, -0.1) is 0 Å². The summed E-state index contributed by atoms with van der Waals surface area (Å²) in [4.78, 5) is 12.5. The van der Waals surface area contributed by atoms with Crippen molar-refractivity contribution in [3.8, 4) is 5.75 Å². The van der Waals surface area contributed by atoms with Crippen molar-refractivity contribution in [1.29, 1.82) is 0 Å². The third-order valence-electron chi connectivity index (χ3n) is 3.47. The summed E-state index contributed by atoms with van der Waals surface area (Å²) in [5.74, 6) is 0.278. The Labute approximate surface area is 148 Å². The van der Waals surface area contributed by atoms with Gasteiger partial charge < -0.3 is 10.1 Å². The van der Waals surface area contributed by atoms with Crippen molar-refractivity contribution in [3.63, 3.8) is 0 Å². The molecule has 0 aliphatic rings. The molecule has 0 bridgehead atoms. The molecule has 0 saturated heterocycles. The summed E-state index contributed by atoms with van der Waals surface area (Å²) in [7, 11) is -3.35. The highest BCUT2D eigenvalue weighted by molar-refractivity contribution is 7.92. The number of carbonyl (C=O) groups is 1. The normalized spacial score (nSPS) is 12.3. The molecule has 6 nitrogen and oxygen atoms in total. The molecule has 2 rings (SSSR count). The third kappa shape index (κ3) is 5.49. The van der Waals surface area contributed by atoms with Gasteiger partial charge in [-0.1, -0.05) is 24.3 Å². The zero-order valence-corrected chi connectivity index (χ0v) is 15.3. The quantitative estimate of drug-likeness (QED) is 0.793. The van der Waals surface area contributed by atoms with Gasteiger partial charge in [0.1, 0.15) is 5.75 Å². The fourth-order valence-corrected chi connectivity index (χ4v) is 2.93. The maximum atomic E-state index is 12.5. The summed E-state index contributed by atoms with van der Waals surface area (Å²) in [6, 6.07) is 13.7. The van der Waals surface area contributed by atoms with Gasteiger partial charge in [0.05, 0.1) is 24.5 Å². The lowest BCUT2D eigenvalue weighted by molar-refractivity contribution is 0.0936. The van der Waals surface area contributed by atoms with Gasteiger partial charge in [0, 0.05) is 5.69 Å². The number of ether oxygens (including phenoxy) is 1. The fourth-order valence-electron chi connectivity index (χ4n) is 2.38. The van der Waals surface area contributed by atoms with Crippen LogP contribution < -0.4 is 14.8 Å². The summed E-state index contributed by atoms with van der Waals surface area (Å²) in [6.07, 6.45) is 1.09.